The molecule has 0 amide bonds. The molecule has 0 aliphatic carbocycles. The van der Waals surface area contributed by atoms with Crippen molar-refractivity contribution in [3.63, 3.8) is 0 Å². The second kappa shape index (κ2) is 33.3. The molecule has 0 fully saturated rings. The summed E-state index contributed by atoms with van der Waals surface area (Å²) in [6.45, 7) is 0. The van der Waals surface area contributed by atoms with E-state index >= 15 is 0 Å². The van der Waals surface area contributed by atoms with Crippen molar-refractivity contribution in [3.8, 4) is 57.4 Å². The van der Waals surface area contributed by atoms with Crippen molar-refractivity contribution in [1.29, 1.82) is 0 Å². The van der Waals surface area contributed by atoms with E-state index in [9.17, 15) is 101 Å². The Morgan fingerprint density at radius 2 is 0.352 bits per heavy atom. The maximum Gasteiger partial charge on any atom is 2.00 e. The first-order chi connectivity index (χ1) is 48.5. The molecule has 2 aromatic carbocycles. The molecule has 12 aromatic heterocycles. The summed E-state index contributed by atoms with van der Waals surface area (Å²) in [4.78, 5) is 51.7. The van der Waals surface area contributed by atoms with E-state index in [-0.39, 0.29) is 39.0 Å². The standard InChI is InChI=1S/C26H14N4.4C10H8N2.4F6P.2Ru/c1-3-19-7-9-21-13-17(15-29-25(21)23(19)27-11-1)5-6-18-14-22-10-8-20-4-2-12-28-24(20)26(22)30-16-18;4*1-3-7-11-9(5-1)10-6-2-4-8-12-10;4*1-7(2,3,4,5)6;;/h1-4,7-16H;4*1-8H;;;;;;/q;;;;;4*-1;2*+2. The van der Waals surface area contributed by atoms with Crippen LogP contribution in [-0.2, 0) is 39.0 Å². The first-order valence-corrected chi connectivity index (χ1v) is 37.0. The average molecular weight is 1790 g/mol. The smallest absolute Gasteiger partial charge is 0.255 e. The van der Waals surface area contributed by atoms with Gasteiger partial charge < -0.3 is 0 Å². The first kappa shape index (κ1) is 90.5. The van der Waals surface area contributed by atoms with Crippen molar-refractivity contribution in [1.82, 2.24) is 59.8 Å². The molecular formula is C66H46F24N12P4Ru2. The summed E-state index contributed by atoms with van der Waals surface area (Å²) < 4.78 is 237. The Labute approximate surface area is 620 Å². The maximum absolute atomic E-state index is 10.7. The average Bonchev–Trinajstić information content (AvgIpc) is 0.823. The number of aromatic nitrogens is 12. The van der Waals surface area contributed by atoms with Crippen LogP contribution in [0.1, 0.15) is 11.1 Å². The summed E-state index contributed by atoms with van der Waals surface area (Å²) in [6.07, 6.45) is 21.3. The van der Waals surface area contributed by atoms with Crippen LogP contribution in [0.2, 0.25) is 0 Å². The van der Waals surface area contributed by atoms with E-state index in [1.54, 1.807) is 74.4 Å². The van der Waals surface area contributed by atoms with Crippen LogP contribution in [0.4, 0.5) is 101 Å². The molecule has 0 radical (unpaired) electrons. The minimum absolute atomic E-state index is 0. The van der Waals surface area contributed by atoms with Crippen molar-refractivity contribution in [2.24, 2.45) is 0 Å². The summed E-state index contributed by atoms with van der Waals surface area (Å²) in [7, 11) is -42.6. The Morgan fingerprint density at radius 3 is 0.528 bits per heavy atom. The Kier molecular flexibility index (Phi) is 27.9. The Hall–Kier alpha value is -9.87. The summed E-state index contributed by atoms with van der Waals surface area (Å²) in [5, 5.41) is 4.23. The SMILES string of the molecule is C(#Cc1cnc2c(ccc3cccnc32)c1)c1cnc2c(ccc3cccnc32)c1.F[P-](F)(F)(F)(F)F.F[P-](F)(F)(F)(F)F.F[P-](F)(F)(F)(F)F.F[P-](F)(F)(F)(F)F.[Ru+2].[Ru+2].c1ccc(-c2ccccn2)nc1.c1ccc(-c2ccccn2)nc1.c1ccc(-c2ccccn2)nc1.c1ccc(-c2ccccn2)nc1. The van der Waals surface area contributed by atoms with E-state index in [2.05, 4.69) is 108 Å². The van der Waals surface area contributed by atoms with Gasteiger partial charge in [-0.1, -0.05) is 96.8 Å². The van der Waals surface area contributed by atoms with Crippen molar-refractivity contribution in [3.05, 3.63) is 292 Å². The Bertz CT molecular complexity index is 4530. The zero-order valence-electron chi connectivity index (χ0n) is 53.5. The van der Waals surface area contributed by atoms with Gasteiger partial charge in [-0.2, -0.15) is 0 Å². The van der Waals surface area contributed by atoms with E-state index in [1.807, 2.05) is 170 Å². The summed E-state index contributed by atoms with van der Waals surface area (Å²) >= 11 is 0. The fraction of sp³-hybridized carbons (Fsp3) is 0. The third-order valence-electron chi connectivity index (χ3n) is 11.6. The normalized spacial score (nSPS) is 13.4. The molecule has 0 saturated heterocycles. The third kappa shape index (κ3) is 43.7. The number of benzene rings is 2. The summed E-state index contributed by atoms with van der Waals surface area (Å²) in [6, 6.07) is 66.7. The van der Waals surface area contributed by atoms with Gasteiger partial charge in [0.25, 0.3) is 0 Å². The van der Waals surface area contributed by atoms with Gasteiger partial charge in [-0.05, 0) is 121 Å². The molecule has 12 heterocycles. The summed E-state index contributed by atoms with van der Waals surface area (Å²) in [5.74, 6) is 6.43. The molecule has 0 aliphatic heterocycles. The molecule has 0 spiro atoms. The minimum Gasteiger partial charge on any atom is -0.255 e. The van der Waals surface area contributed by atoms with Crippen LogP contribution < -0.4 is 0 Å². The Morgan fingerprint density at radius 1 is 0.185 bits per heavy atom. The summed E-state index contributed by atoms with van der Waals surface area (Å²) in [5.41, 5.74) is 12.6. The predicted molar refractivity (Wildman–Crippen MR) is 364 cm³/mol. The second-order valence-corrected chi connectivity index (χ2v) is 28.3. The van der Waals surface area contributed by atoms with E-state index in [1.165, 1.54) is 0 Å². The maximum atomic E-state index is 9.87. The number of pyridine rings is 12. The molecule has 14 rings (SSSR count). The number of rotatable bonds is 4. The van der Waals surface area contributed by atoms with E-state index in [0.29, 0.717) is 0 Å². The molecule has 0 aliphatic rings. The molecule has 0 N–H and O–H groups in total. The van der Waals surface area contributed by atoms with Gasteiger partial charge >= 0.3 is 171 Å². The first-order valence-electron chi connectivity index (χ1n) is 28.9. The molecule has 0 saturated carbocycles. The molecule has 14 aromatic rings. The van der Waals surface area contributed by atoms with Gasteiger partial charge in [0.2, 0.25) is 0 Å². The van der Waals surface area contributed by atoms with Gasteiger partial charge in [0, 0.05) is 107 Å². The molecule has 0 bridgehead atoms. The number of halogens is 24. The largest absolute Gasteiger partial charge is 2.00 e. The zero-order valence-corrected chi connectivity index (χ0v) is 60.5. The van der Waals surface area contributed by atoms with Gasteiger partial charge in [-0.3, -0.25) is 59.8 Å². The molecule has 574 valence electrons. The van der Waals surface area contributed by atoms with Gasteiger partial charge in [-0.15, -0.1) is 0 Å². The minimum atomic E-state index is -10.7. The Balaban J connectivity index is 0.000000273. The van der Waals surface area contributed by atoms with E-state index in [0.717, 1.165) is 100 Å². The quantitative estimate of drug-likeness (QED) is 0.0541. The van der Waals surface area contributed by atoms with Crippen LogP contribution in [0.3, 0.4) is 0 Å². The van der Waals surface area contributed by atoms with Gasteiger partial charge in [-0.25, -0.2) is 0 Å². The molecule has 0 atom stereocenters. The third-order valence-corrected chi connectivity index (χ3v) is 11.6. The number of hydrogen-bond acceptors (Lipinski definition) is 12. The fourth-order valence-corrected chi connectivity index (χ4v) is 7.87. The molecule has 12 nitrogen and oxygen atoms in total. The van der Waals surface area contributed by atoms with Crippen molar-refractivity contribution in [2.45, 2.75) is 0 Å². The van der Waals surface area contributed by atoms with Crippen molar-refractivity contribution < 1.29 is 140 Å². The van der Waals surface area contributed by atoms with Gasteiger partial charge in [0.05, 0.1) is 67.6 Å². The number of nitrogens with zero attached hydrogens (tertiary/aromatic N) is 12. The number of fused-ring (bicyclic) bond motifs is 6. The molecule has 42 heteroatoms. The number of hydrogen-bond donors (Lipinski definition) is 0. The topological polar surface area (TPSA) is 155 Å². The van der Waals surface area contributed by atoms with Crippen LogP contribution in [0.5, 0.6) is 0 Å². The van der Waals surface area contributed by atoms with Crippen LogP contribution in [0.25, 0.3) is 89.2 Å². The van der Waals surface area contributed by atoms with Crippen LogP contribution in [0, 0.1) is 11.8 Å². The second-order valence-electron chi connectivity index (χ2n) is 20.7. The molecule has 0 unspecified atom stereocenters. The van der Waals surface area contributed by atoms with Crippen molar-refractivity contribution in [2.75, 3.05) is 0 Å². The predicted octanol–water partition coefficient (Wildman–Crippen LogP) is 27.4. The van der Waals surface area contributed by atoms with Crippen molar-refractivity contribution >= 4 is 74.8 Å². The van der Waals surface area contributed by atoms with E-state index in [4.69, 9.17) is 0 Å². The zero-order chi connectivity index (χ0) is 78.5. The molecular weight excluding hydrogens is 1740 g/mol. The molecule has 108 heavy (non-hydrogen) atoms. The van der Waals surface area contributed by atoms with E-state index < -0.39 is 31.2 Å². The van der Waals surface area contributed by atoms with Gasteiger partial charge in [0.1, 0.15) is 0 Å². The van der Waals surface area contributed by atoms with Gasteiger partial charge in [0.15, 0.2) is 0 Å². The van der Waals surface area contributed by atoms with Crippen LogP contribution in [0.15, 0.2) is 281 Å². The van der Waals surface area contributed by atoms with Crippen LogP contribution >= 0.6 is 31.2 Å². The van der Waals surface area contributed by atoms with Crippen LogP contribution in [-0.4, -0.2) is 59.8 Å². The fourth-order valence-electron chi connectivity index (χ4n) is 7.87. The monoisotopic (exact) mass is 1790 g/mol.